The van der Waals surface area contributed by atoms with Crippen molar-refractivity contribution in [3.63, 3.8) is 0 Å². The molecule has 2 aromatic carbocycles. The highest BCUT2D eigenvalue weighted by Gasteiger charge is 2.44. The first-order valence-electron chi connectivity index (χ1n) is 13.9. The molecule has 8 nitrogen and oxygen atoms in total. The number of aliphatic hydroxyl groups excluding tert-OH is 1. The van der Waals surface area contributed by atoms with Crippen LogP contribution in [0.5, 0.6) is 0 Å². The highest BCUT2D eigenvalue weighted by Crippen LogP contribution is 2.46. The molecule has 1 saturated heterocycles. The Kier molecular flexibility index (Phi) is 9.54. The summed E-state index contributed by atoms with van der Waals surface area (Å²) in [6, 6.07) is 13.3. The highest BCUT2D eigenvalue weighted by atomic mass is 35.5. The number of carbonyl (C=O) groups excluding carboxylic acids is 1. The Balaban J connectivity index is 1.69. The van der Waals surface area contributed by atoms with E-state index in [9.17, 15) is 19.8 Å². The van der Waals surface area contributed by atoms with Gasteiger partial charge in [-0.15, -0.1) is 0 Å². The van der Waals surface area contributed by atoms with Gasteiger partial charge in [-0.05, 0) is 67.7 Å². The minimum atomic E-state index is -1.35. The van der Waals surface area contributed by atoms with Crippen molar-refractivity contribution in [2.75, 3.05) is 19.6 Å². The Morgan fingerprint density at radius 3 is 2.67 bits per heavy atom. The van der Waals surface area contributed by atoms with Gasteiger partial charge < -0.3 is 31.3 Å². The Labute approximate surface area is 235 Å². The van der Waals surface area contributed by atoms with E-state index in [2.05, 4.69) is 24.4 Å². The van der Waals surface area contributed by atoms with E-state index < -0.39 is 23.8 Å². The SMILES string of the molecule is CCc1cccc(-c2c(Cl)cccc2[C@](O)(CCCNC(=O)O)[C@@H]2CCCN(C(=O)[C@H]3C[C@@H](N)[C@@H](O)C3)C2)c1. The zero-order chi connectivity index (χ0) is 28.2. The molecule has 6 N–H and O–H groups in total. The molecule has 9 heteroatoms. The van der Waals surface area contributed by atoms with Gasteiger partial charge in [0.25, 0.3) is 0 Å². The second kappa shape index (κ2) is 12.7. The fourth-order valence-corrected chi connectivity index (χ4v) is 6.60. The van der Waals surface area contributed by atoms with Crippen LogP contribution < -0.4 is 11.1 Å². The maximum Gasteiger partial charge on any atom is 0.404 e. The number of carbonyl (C=O) groups is 2. The second-order valence-corrected chi connectivity index (χ2v) is 11.4. The summed E-state index contributed by atoms with van der Waals surface area (Å²) in [7, 11) is 0. The van der Waals surface area contributed by atoms with Crippen molar-refractivity contribution in [1.29, 1.82) is 0 Å². The summed E-state index contributed by atoms with van der Waals surface area (Å²) in [6.07, 6.45) is 2.05. The van der Waals surface area contributed by atoms with Crippen LogP contribution in [0.3, 0.4) is 0 Å². The molecule has 0 bridgehead atoms. The number of hydrogen-bond donors (Lipinski definition) is 5. The molecule has 39 heavy (non-hydrogen) atoms. The van der Waals surface area contributed by atoms with Gasteiger partial charge in [0.2, 0.25) is 5.91 Å². The third kappa shape index (κ3) is 6.57. The molecule has 0 aromatic heterocycles. The second-order valence-electron chi connectivity index (χ2n) is 11.0. The Morgan fingerprint density at radius 2 is 1.97 bits per heavy atom. The molecule has 4 rings (SSSR count). The molecule has 0 unspecified atom stereocenters. The highest BCUT2D eigenvalue weighted by molar-refractivity contribution is 6.33. The van der Waals surface area contributed by atoms with Crippen LogP contribution in [-0.4, -0.2) is 64.0 Å². The van der Waals surface area contributed by atoms with Crippen LogP contribution in [0.25, 0.3) is 11.1 Å². The summed E-state index contributed by atoms with van der Waals surface area (Å²) in [6.45, 7) is 3.24. The van der Waals surface area contributed by atoms with E-state index in [4.69, 9.17) is 22.4 Å². The monoisotopic (exact) mass is 557 g/mol. The molecule has 212 valence electrons. The lowest BCUT2D eigenvalue weighted by atomic mass is 9.72. The Hall–Kier alpha value is -2.65. The zero-order valence-corrected chi connectivity index (χ0v) is 23.2. The van der Waals surface area contributed by atoms with Gasteiger partial charge in [0.05, 0.1) is 11.7 Å². The van der Waals surface area contributed by atoms with Gasteiger partial charge in [-0.2, -0.15) is 0 Å². The predicted octanol–water partition coefficient (Wildman–Crippen LogP) is 4.14. The molecule has 0 radical (unpaired) electrons. The minimum Gasteiger partial charge on any atom is -0.465 e. The number of carboxylic acid groups (broad SMARTS) is 1. The lowest BCUT2D eigenvalue weighted by Crippen LogP contribution is -2.49. The molecule has 5 atom stereocenters. The molecule has 1 saturated carbocycles. The predicted molar refractivity (Wildman–Crippen MR) is 151 cm³/mol. The summed E-state index contributed by atoms with van der Waals surface area (Å²) in [5, 5.41) is 34.7. The van der Waals surface area contributed by atoms with Gasteiger partial charge >= 0.3 is 6.09 Å². The third-order valence-corrected chi connectivity index (χ3v) is 8.76. The van der Waals surface area contributed by atoms with E-state index in [0.29, 0.717) is 55.8 Å². The van der Waals surface area contributed by atoms with E-state index in [1.165, 1.54) is 0 Å². The van der Waals surface area contributed by atoms with Gasteiger partial charge in [-0.3, -0.25) is 4.79 Å². The molecule has 2 aromatic rings. The number of benzene rings is 2. The van der Waals surface area contributed by atoms with Crippen molar-refractivity contribution in [2.24, 2.45) is 17.6 Å². The van der Waals surface area contributed by atoms with Crippen molar-refractivity contribution < 1.29 is 24.9 Å². The number of halogens is 1. The molecular formula is C30H40ClN3O5. The van der Waals surface area contributed by atoms with Crippen molar-refractivity contribution in [2.45, 2.75) is 69.6 Å². The minimum absolute atomic E-state index is 0.0245. The fraction of sp³-hybridized carbons (Fsp3) is 0.533. The van der Waals surface area contributed by atoms with Gasteiger partial charge in [0.1, 0.15) is 0 Å². The number of hydrogen-bond acceptors (Lipinski definition) is 5. The average Bonchev–Trinajstić information content (AvgIpc) is 3.28. The largest absolute Gasteiger partial charge is 0.465 e. The average molecular weight is 558 g/mol. The third-order valence-electron chi connectivity index (χ3n) is 8.45. The fourth-order valence-electron chi connectivity index (χ4n) is 6.31. The number of piperidine rings is 1. The number of nitrogens with two attached hydrogens (primary N) is 1. The van der Waals surface area contributed by atoms with Crippen LogP contribution >= 0.6 is 11.6 Å². The number of nitrogens with one attached hydrogen (secondary N) is 1. The topological polar surface area (TPSA) is 136 Å². The van der Waals surface area contributed by atoms with Gasteiger partial charge in [-0.25, -0.2) is 4.79 Å². The molecule has 0 spiro atoms. The standard InChI is InChI=1S/C30H40ClN3O5/c1-2-19-7-3-8-20(15-19)27-23(10-4-11-24(27)31)30(39,12-6-13-33-29(37)38)22-9-5-14-34(18-22)28(36)21-16-25(32)26(35)17-21/h3-4,7-8,10-11,15,21-22,25-26,33,35,39H,2,5-6,9,12-14,16-18,32H2,1H3,(H,37,38)/t21-,22+,25+,26-,30-/m0/s1. The summed E-state index contributed by atoms with van der Waals surface area (Å²) < 4.78 is 0. The van der Waals surface area contributed by atoms with E-state index in [0.717, 1.165) is 29.5 Å². The van der Waals surface area contributed by atoms with E-state index in [1.807, 2.05) is 35.2 Å². The molecule has 1 aliphatic carbocycles. The summed E-state index contributed by atoms with van der Waals surface area (Å²) in [5.74, 6) is -0.629. The molecule has 1 aliphatic heterocycles. The van der Waals surface area contributed by atoms with Crippen molar-refractivity contribution in [1.82, 2.24) is 10.2 Å². The Bertz CT molecular complexity index is 1170. The van der Waals surface area contributed by atoms with Crippen molar-refractivity contribution in [3.05, 3.63) is 58.6 Å². The lowest BCUT2D eigenvalue weighted by Gasteiger charge is -2.44. The van der Waals surface area contributed by atoms with E-state index in [1.54, 1.807) is 0 Å². The number of nitrogens with zero attached hydrogens (tertiary/aromatic N) is 1. The first-order valence-corrected chi connectivity index (χ1v) is 14.3. The smallest absolute Gasteiger partial charge is 0.404 e. The lowest BCUT2D eigenvalue weighted by molar-refractivity contribution is -0.141. The maximum absolute atomic E-state index is 13.4. The number of rotatable bonds is 9. The van der Waals surface area contributed by atoms with Crippen LogP contribution in [0.15, 0.2) is 42.5 Å². The van der Waals surface area contributed by atoms with Crippen LogP contribution in [0.1, 0.15) is 56.6 Å². The normalized spacial score (nSPS) is 24.8. The van der Waals surface area contributed by atoms with Crippen LogP contribution in [0, 0.1) is 11.8 Å². The molecular weight excluding hydrogens is 518 g/mol. The quantitative estimate of drug-likeness (QED) is 0.294. The number of likely N-dealkylation sites (tertiary alicyclic amines) is 1. The summed E-state index contributed by atoms with van der Waals surface area (Å²) >= 11 is 6.80. The molecule has 2 aliphatic rings. The first kappa shape index (κ1) is 29.3. The zero-order valence-electron chi connectivity index (χ0n) is 22.5. The number of aryl methyl sites for hydroxylation is 1. The van der Waals surface area contributed by atoms with Crippen LogP contribution in [0.4, 0.5) is 4.79 Å². The number of amides is 2. The van der Waals surface area contributed by atoms with Crippen LogP contribution in [-0.2, 0) is 16.8 Å². The van der Waals surface area contributed by atoms with Gasteiger partial charge in [-0.1, -0.05) is 54.9 Å². The van der Waals surface area contributed by atoms with E-state index >= 15 is 0 Å². The molecule has 2 amide bonds. The Morgan fingerprint density at radius 1 is 1.21 bits per heavy atom. The van der Waals surface area contributed by atoms with Gasteiger partial charge in [0.15, 0.2) is 0 Å². The number of aliphatic hydroxyl groups is 2. The molecule has 2 fully saturated rings. The summed E-state index contributed by atoms with van der Waals surface area (Å²) in [4.78, 5) is 26.3. The van der Waals surface area contributed by atoms with Gasteiger partial charge in [0, 0.05) is 48.1 Å². The maximum atomic E-state index is 13.4. The first-order chi connectivity index (χ1) is 18.6. The van der Waals surface area contributed by atoms with E-state index in [-0.39, 0.29) is 24.3 Å². The summed E-state index contributed by atoms with van der Waals surface area (Å²) in [5.41, 5.74) is 8.14. The van der Waals surface area contributed by atoms with Crippen molar-refractivity contribution in [3.8, 4) is 11.1 Å². The molecule has 1 heterocycles. The van der Waals surface area contributed by atoms with Crippen LogP contribution in [0.2, 0.25) is 5.02 Å². The van der Waals surface area contributed by atoms with Crippen molar-refractivity contribution >= 4 is 23.6 Å².